The number of hydrogen-bond acceptors (Lipinski definition) is 7. The van der Waals surface area contributed by atoms with Crippen LogP contribution in [0.4, 0.5) is 0 Å². The number of benzene rings is 4. The summed E-state index contributed by atoms with van der Waals surface area (Å²) >= 11 is 0. The zero-order chi connectivity index (χ0) is 26.8. The van der Waals surface area contributed by atoms with Gasteiger partial charge in [0.2, 0.25) is 0 Å². The molecule has 0 saturated heterocycles. The van der Waals surface area contributed by atoms with Crippen LogP contribution >= 0.6 is 0 Å². The summed E-state index contributed by atoms with van der Waals surface area (Å²) in [6.07, 6.45) is 1.39. The maximum absolute atomic E-state index is 12.7. The highest BCUT2D eigenvalue weighted by atomic mass is 32.2. The Kier molecular flexibility index (Phi) is 8.73. The summed E-state index contributed by atoms with van der Waals surface area (Å²) in [6.45, 7) is 2.62. The number of carbonyl (C=O) groups is 1. The van der Waals surface area contributed by atoms with Crippen LogP contribution in [0.1, 0.15) is 28.4 Å². The van der Waals surface area contributed by atoms with Gasteiger partial charge in [0, 0.05) is 5.56 Å². The first-order valence-corrected chi connectivity index (χ1v) is 13.2. The van der Waals surface area contributed by atoms with E-state index in [0.29, 0.717) is 35.8 Å². The summed E-state index contributed by atoms with van der Waals surface area (Å²) in [4.78, 5) is 12.7. The zero-order valence-electron chi connectivity index (χ0n) is 20.6. The molecular weight excluding hydrogens is 504 g/mol. The normalized spacial score (nSPS) is 11.2. The van der Waals surface area contributed by atoms with Crippen molar-refractivity contribution in [2.24, 2.45) is 5.10 Å². The van der Waals surface area contributed by atoms with Crippen molar-refractivity contribution in [3.05, 3.63) is 120 Å². The van der Waals surface area contributed by atoms with Crippen LogP contribution in [0.5, 0.6) is 17.2 Å². The lowest BCUT2D eigenvalue weighted by Gasteiger charge is -2.13. The minimum absolute atomic E-state index is 0.0502. The molecule has 0 aromatic heterocycles. The van der Waals surface area contributed by atoms with Gasteiger partial charge in [0.25, 0.3) is 5.91 Å². The highest BCUT2D eigenvalue weighted by molar-refractivity contribution is 7.87. The number of hydrazone groups is 1. The van der Waals surface area contributed by atoms with E-state index < -0.39 is 16.0 Å². The third kappa shape index (κ3) is 7.21. The minimum atomic E-state index is -3.97. The molecule has 0 bridgehead atoms. The van der Waals surface area contributed by atoms with Gasteiger partial charge in [0.15, 0.2) is 11.5 Å². The maximum Gasteiger partial charge on any atom is 0.339 e. The van der Waals surface area contributed by atoms with Gasteiger partial charge in [0.1, 0.15) is 17.3 Å². The predicted molar refractivity (Wildman–Crippen MR) is 144 cm³/mol. The van der Waals surface area contributed by atoms with E-state index in [0.717, 1.165) is 5.56 Å². The molecule has 0 aliphatic carbocycles. The number of carbonyl (C=O) groups excluding carboxylic acids is 1. The molecule has 0 fully saturated rings. The predicted octanol–water partition coefficient (Wildman–Crippen LogP) is 5.20. The van der Waals surface area contributed by atoms with Crippen LogP contribution in [-0.4, -0.2) is 27.1 Å². The summed E-state index contributed by atoms with van der Waals surface area (Å²) in [6, 6.07) is 28.8. The number of amides is 1. The Hall–Kier alpha value is -4.63. The fraction of sp³-hybridized carbons (Fsp3) is 0.103. The fourth-order valence-corrected chi connectivity index (χ4v) is 4.35. The van der Waals surface area contributed by atoms with E-state index in [-0.39, 0.29) is 10.6 Å². The first-order valence-electron chi connectivity index (χ1n) is 11.8. The van der Waals surface area contributed by atoms with Gasteiger partial charge in [-0.3, -0.25) is 4.79 Å². The molecule has 0 unspecified atom stereocenters. The molecule has 8 nitrogen and oxygen atoms in total. The van der Waals surface area contributed by atoms with Crippen LogP contribution in [0, 0.1) is 0 Å². The molecule has 38 heavy (non-hydrogen) atoms. The Balaban J connectivity index is 1.39. The molecule has 4 rings (SSSR count). The van der Waals surface area contributed by atoms with Gasteiger partial charge in [-0.2, -0.15) is 13.5 Å². The second kappa shape index (κ2) is 12.6. The van der Waals surface area contributed by atoms with E-state index in [9.17, 15) is 13.2 Å². The van der Waals surface area contributed by atoms with Gasteiger partial charge >= 0.3 is 10.1 Å². The minimum Gasteiger partial charge on any atom is -0.490 e. The first-order chi connectivity index (χ1) is 18.4. The Morgan fingerprint density at radius 1 is 0.842 bits per heavy atom. The van der Waals surface area contributed by atoms with Crippen molar-refractivity contribution in [2.45, 2.75) is 18.4 Å². The highest BCUT2D eigenvalue weighted by Gasteiger charge is 2.16. The molecule has 0 radical (unpaired) electrons. The average molecular weight is 531 g/mol. The Bertz CT molecular complexity index is 1510. The molecule has 0 atom stereocenters. The molecule has 0 aliphatic heterocycles. The molecule has 194 valence electrons. The van der Waals surface area contributed by atoms with Crippen molar-refractivity contribution in [1.29, 1.82) is 0 Å². The van der Waals surface area contributed by atoms with Crippen molar-refractivity contribution in [1.82, 2.24) is 5.43 Å². The van der Waals surface area contributed by atoms with Gasteiger partial charge in [-0.1, -0.05) is 60.7 Å². The molecule has 9 heteroatoms. The van der Waals surface area contributed by atoms with Crippen LogP contribution in [-0.2, 0) is 16.7 Å². The average Bonchev–Trinajstić information content (AvgIpc) is 2.93. The maximum atomic E-state index is 12.7. The standard InChI is InChI=1S/C29H26N2O6S/c1-2-35-28-19-24(16-17-27(28)36-21-22-10-5-3-6-11-22)29(32)31-30-20-23-12-9-13-25(18-23)37-38(33,34)26-14-7-4-8-15-26/h3-20H,2,21H2,1H3,(H,31,32)/b30-20+. The molecule has 4 aromatic carbocycles. The summed E-state index contributed by atoms with van der Waals surface area (Å²) in [5, 5.41) is 3.99. The van der Waals surface area contributed by atoms with Crippen LogP contribution in [0.15, 0.2) is 113 Å². The summed E-state index contributed by atoms with van der Waals surface area (Å²) in [7, 11) is -3.97. The quantitative estimate of drug-likeness (QED) is 0.163. The van der Waals surface area contributed by atoms with Crippen molar-refractivity contribution in [2.75, 3.05) is 6.61 Å². The summed E-state index contributed by atoms with van der Waals surface area (Å²) in [5.74, 6) is 0.648. The molecule has 4 aromatic rings. The molecule has 1 N–H and O–H groups in total. The number of nitrogens with zero attached hydrogens (tertiary/aromatic N) is 1. The third-order valence-electron chi connectivity index (χ3n) is 5.22. The van der Waals surface area contributed by atoms with Gasteiger partial charge in [-0.25, -0.2) is 5.43 Å². The monoisotopic (exact) mass is 530 g/mol. The van der Waals surface area contributed by atoms with E-state index in [1.165, 1.54) is 30.5 Å². The van der Waals surface area contributed by atoms with E-state index in [4.69, 9.17) is 13.7 Å². The summed E-state index contributed by atoms with van der Waals surface area (Å²) < 4.78 is 41.7. The van der Waals surface area contributed by atoms with Gasteiger partial charge < -0.3 is 13.7 Å². The number of ether oxygens (including phenoxy) is 2. The molecule has 1 amide bonds. The van der Waals surface area contributed by atoms with Crippen molar-refractivity contribution >= 4 is 22.2 Å². The Morgan fingerprint density at radius 2 is 1.58 bits per heavy atom. The first kappa shape index (κ1) is 26.4. The fourth-order valence-electron chi connectivity index (χ4n) is 3.41. The van der Waals surface area contributed by atoms with Crippen LogP contribution in [0.3, 0.4) is 0 Å². The molecular formula is C29H26N2O6S. The largest absolute Gasteiger partial charge is 0.490 e. The van der Waals surface area contributed by atoms with E-state index in [1.807, 2.05) is 37.3 Å². The lowest BCUT2D eigenvalue weighted by molar-refractivity contribution is 0.0954. The topological polar surface area (TPSA) is 103 Å². The SMILES string of the molecule is CCOc1cc(C(=O)N/N=C/c2cccc(OS(=O)(=O)c3ccccc3)c2)ccc1OCc1ccccc1. The van der Waals surface area contributed by atoms with Gasteiger partial charge in [-0.05, 0) is 60.5 Å². The van der Waals surface area contributed by atoms with E-state index in [1.54, 1.807) is 48.5 Å². The van der Waals surface area contributed by atoms with E-state index >= 15 is 0 Å². The second-order valence-electron chi connectivity index (χ2n) is 7.99. The van der Waals surface area contributed by atoms with Crippen molar-refractivity contribution < 1.29 is 26.9 Å². The van der Waals surface area contributed by atoms with Crippen LogP contribution in [0.25, 0.3) is 0 Å². The van der Waals surface area contributed by atoms with E-state index in [2.05, 4.69) is 10.5 Å². The molecule has 0 heterocycles. The lowest BCUT2D eigenvalue weighted by Crippen LogP contribution is -2.17. The smallest absolute Gasteiger partial charge is 0.339 e. The Labute approximate surface area is 221 Å². The Morgan fingerprint density at radius 3 is 2.32 bits per heavy atom. The van der Waals surface area contributed by atoms with Crippen LogP contribution in [0.2, 0.25) is 0 Å². The molecule has 0 spiro atoms. The van der Waals surface area contributed by atoms with Crippen molar-refractivity contribution in [3.8, 4) is 17.2 Å². The lowest BCUT2D eigenvalue weighted by atomic mass is 10.2. The summed E-state index contributed by atoms with van der Waals surface area (Å²) in [5.41, 5.74) is 4.34. The zero-order valence-corrected chi connectivity index (χ0v) is 21.4. The van der Waals surface area contributed by atoms with Gasteiger partial charge in [0.05, 0.1) is 12.8 Å². The second-order valence-corrected chi connectivity index (χ2v) is 9.54. The third-order valence-corrected chi connectivity index (χ3v) is 6.48. The highest BCUT2D eigenvalue weighted by Crippen LogP contribution is 2.29. The number of nitrogens with one attached hydrogen (secondary N) is 1. The van der Waals surface area contributed by atoms with Crippen molar-refractivity contribution in [3.63, 3.8) is 0 Å². The van der Waals surface area contributed by atoms with Crippen LogP contribution < -0.4 is 19.1 Å². The molecule has 0 aliphatic rings. The number of hydrogen-bond donors (Lipinski definition) is 1. The van der Waals surface area contributed by atoms with Gasteiger partial charge in [-0.15, -0.1) is 0 Å². The molecule has 0 saturated carbocycles. The number of rotatable bonds is 11.